The molecule has 0 aliphatic heterocycles. The molecule has 26 heavy (non-hydrogen) atoms. The Morgan fingerprint density at radius 1 is 1.08 bits per heavy atom. The molecule has 1 atom stereocenters. The number of amides is 1. The van der Waals surface area contributed by atoms with Crippen LogP contribution in [0.1, 0.15) is 27.0 Å². The Kier molecular flexibility index (Phi) is 7.56. The van der Waals surface area contributed by atoms with E-state index in [1.54, 1.807) is 12.1 Å². The van der Waals surface area contributed by atoms with Crippen LogP contribution in [0.25, 0.3) is 0 Å². The molecule has 2 aromatic carbocycles. The Balaban J connectivity index is 2.23. The van der Waals surface area contributed by atoms with Gasteiger partial charge in [0.15, 0.2) is 0 Å². The molecule has 0 aliphatic carbocycles. The van der Waals surface area contributed by atoms with Crippen molar-refractivity contribution in [2.24, 2.45) is 0 Å². The zero-order valence-electron chi connectivity index (χ0n) is 13.9. The van der Waals surface area contributed by atoms with Crippen LogP contribution >= 0.6 is 69.6 Å². The van der Waals surface area contributed by atoms with Gasteiger partial charge in [-0.25, -0.2) is 0 Å². The highest BCUT2D eigenvalue weighted by Gasteiger charge is 2.35. The summed E-state index contributed by atoms with van der Waals surface area (Å²) in [6.07, 6.45) is -0.997. The Hall–Kier alpha value is -0.600. The van der Waals surface area contributed by atoms with E-state index < -0.39 is 9.96 Å². The highest BCUT2D eigenvalue weighted by atomic mass is 127. The number of benzene rings is 2. The zero-order valence-corrected chi connectivity index (χ0v) is 19.2. The predicted molar refractivity (Wildman–Crippen MR) is 121 cm³/mol. The van der Waals surface area contributed by atoms with Crippen molar-refractivity contribution >= 4 is 80.5 Å². The molecule has 3 nitrogen and oxygen atoms in total. The Bertz CT molecular complexity index is 839. The van der Waals surface area contributed by atoms with E-state index in [1.807, 2.05) is 44.2 Å². The van der Waals surface area contributed by atoms with Crippen LogP contribution in [0.5, 0.6) is 0 Å². The summed E-state index contributed by atoms with van der Waals surface area (Å²) in [5, 5.41) is 5.67. The second-order valence-electron chi connectivity index (χ2n) is 5.72. The number of aryl methyl sites for hydroxylation is 2. The second kappa shape index (κ2) is 9.06. The van der Waals surface area contributed by atoms with Crippen molar-refractivity contribution in [2.75, 3.05) is 0 Å². The monoisotopic (exact) mass is 540 g/mol. The van der Waals surface area contributed by atoms with Crippen molar-refractivity contribution in [1.82, 2.24) is 10.6 Å². The van der Waals surface area contributed by atoms with Gasteiger partial charge in [0.2, 0.25) is 3.79 Å². The third-order valence-corrected chi connectivity index (χ3v) is 5.57. The second-order valence-corrected chi connectivity index (χ2v) is 9.66. The summed E-state index contributed by atoms with van der Waals surface area (Å²) in [5.74, 6) is -0.359. The minimum absolute atomic E-state index is 0.359. The summed E-state index contributed by atoms with van der Waals surface area (Å²) < 4.78 is -1.000. The predicted octanol–water partition coefficient (Wildman–Crippen LogP) is 5.30. The number of rotatable bonds is 4. The number of hydrogen-bond donors (Lipinski definition) is 2. The van der Waals surface area contributed by atoms with Crippen LogP contribution < -0.4 is 10.6 Å². The van der Waals surface area contributed by atoms with Crippen molar-refractivity contribution < 1.29 is 4.79 Å². The number of alkyl halides is 3. The van der Waals surface area contributed by atoms with Gasteiger partial charge in [0.25, 0.3) is 5.91 Å². The topological polar surface area (TPSA) is 41.1 Å². The zero-order chi connectivity index (χ0) is 19.5. The summed E-state index contributed by atoms with van der Waals surface area (Å²) in [4.78, 5) is 13.0. The van der Waals surface area contributed by atoms with Gasteiger partial charge in [-0.2, -0.15) is 0 Å². The van der Waals surface area contributed by atoms with Gasteiger partial charge in [0.05, 0.1) is 5.56 Å². The summed E-state index contributed by atoms with van der Waals surface area (Å²) in [5.41, 5.74) is 3.36. The summed E-state index contributed by atoms with van der Waals surface area (Å²) in [6, 6.07) is 13.1. The van der Waals surface area contributed by atoms with E-state index in [4.69, 9.17) is 47.0 Å². The third-order valence-electron chi connectivity index (χ3n) is 3.63. The van der Waals surface area contributed by atoms with Crippen molar-refractivity contribution in [3.05, 3.63) is 68.3 Å². The third kappa shape index (κ3) is 5.70. The lowest BCUT2D eigenvalue weighted by Gasteiger charge is -2.28. The Morgan fingerprint density at radius 3 is 2.35 bits per heavy atom. The number of hydrogen-bond acceptors (Lipinski definition) is 2. The van der Waals surface area contributed by atoms with Crippen LogP contribution in [-0.4, -0.2) is 20.9 Å². The van der Waals surface area contributed by atoms with Crippen LogP contribution in [0.3, 0.4) is 0 Å². The van der Waals surface area contributed by atoms with Crippen LogP contribution in [0, 0.1) is 17.4 Å². The molecule has 1 unspecified atom stereocenters. The lowest BCUT2D eigenvalue weighted by Crippen LogP contribution is -2.55. The molecule has 2 rings (SSSR count). The molecule has 0 saturated carbocycles. The first-order valence-electron chi connectivity index (χ1n) is 7.60. The maximum absolute atomic E-state index is 12.6. The molecule has 0 heterocycles. The maximum atomic E-state index is 12.6. The van der Waals surface area contributed by atoms with Crippen molar-refractivity contribution in [1.29, 1.82) is 0 Å². The molecule has 8 heteroatoms. The van der Waals surface area contributed by atoms with Crippen LogP contribution in [0.4, 0.5) is 0 Å². The van der Waals surface area contributed by atoms with E-state index in [0.717, 1.165) is 20.3 Å². The number of nitrogens with one attached hydrogen (secondary N) is 2. The number of carbonyl (C=O) groups excluding carboxylic acids is 1. The average molecular weight is 542 g/mol. The van der Waals surface area contributed by atoms with E-state index >= 15 is 0 Å². The van der Waals surface area contributed by atoms with Crippen LogP contribution in [0.15, 0.2) is 42.5 Å². The SMILES string of the molecule is Cc1ccc(C)c(C(=S)NC(NC(=O)c2ccccc2I)C(Cl)(Cl)Cl)c1. The molecule has 0 aliphatic rings. The van der Waals surface area contributed by atoms with Gasteiger partial charge in [-0.15, -0.1) is 0 Å². The Labute approximate surface area is 186 Å². The quantitative estimate of drug-likeness (QED) is 0.239. The van der Waals surface area contributed by atoms with E-state index in [0.29, 0.717) is 10.6 Å². The van der Waals surface area contributed by atoms with E-state index in [-0.39, 0.29) is 5.91 Å². The van der Waals surface area contributed by atoms with Gasteiger partial charge < -0.3 is 10.6 Å². The first kappa shape index (κ1) is 21.7. The summed E-state index contributed by atoms with van der Waals surface area (Å²) in [6.45, 7) is 3.91. The number of carbonyl (C=O) groups is 1. The molecule has 2 N–H and O–H groups in total. The molecule has 0 fully saturated rings. The van der Waals surface area contributed by atoms with Gasteiger partial charge in [-0.3, -0.25) is 4.79 Å². The van der Waals surface area contributed by atoms with Gasteiger partial charge in [-0.1, -0.05) is 76.8 Å². The molecule has 0 radical (unpaired) electrons. The number of halogens is 4. The van der Waals surface area contributed by atoms with Crippen LogP contribution in [-0.2, 0) is 0 Å². The van der Waals surface area contributed by atoms with Crippen molar-refractivity contribution in [2.45, 2.75) is 23.8 Å². The molecule has 2 aromatic rings. The van der Waals surface area contributed by atoms with Gasteiger partial charge in [-0.05, 0) is 60.2 Å². The molecule has 0 aromatic heterocycles. The minimum Gasteiger partial charge on any atom is -0.352 e. The summed E-state index contributed by atoms with van der Waals surface area (Å²) >= 11 is 25.7. The van der Waals surface area contributed by atoms with Crippen molar-refractivity contribution in [3.63, 3.8) is 0 Å². The first-order valence-corrected chi connectivity index (χ1v) is 10.2. The lowest BCUT2D eigenvalue weighted by atomic mass is 10.1. The molecule has 1 amide bonds. The van der Waals surface area contributed by atoms with Gasteiger partial charge in [0.1, 0.15) is 11.2 Å². The van der Waals surface area contributed by atoms with Crippen LogP contribution in [0.2, 0.25) is 0 Å². The maximum Gasteiger partial charge on any atom is 0.254 e. The smallest absolute Gasteiger partial charge is 0.254 e. The molecule has 0 spiro atoms. The highest BCUT2D eigenvalue weighted by molar-refractivity contribution is 14.1. The molecule has 138 valence electrons. The fraction of sp³-hybridized carbons (Fsp3) is 0.222. The average Bonchev–Trinajstić information content (AvgIpc) is 2.55. The fourth-order valence-electron chi connectivity index (χ4n) is 2.24. The highest BCUT2D eigenvalue weighted by Crippen LogP contribution is 2.30. The normalized spacial score (nSPS) is 12.4. The molecule has 0 bridgehead atoms. The lowest BCUT2D eigenvalue weighted by molar-refractivity contribution is 0.0933. The summed E-state index contributed by atoms with van der Waals surface area (Å²) in [7, 11) is 0. The molecular weight excluding hydrogens is 526 g/mol. The van der Waals surface area contributed by atoms with E-state index in [9.17, 15) is 4.79 Å². The molecule has 0 saturated heterocycles. The van der Waals surface area contributed by atoms with E-state index in [1.165, 1.54) is 0 Å². The minimum atomic E-state index is -1.79. The first-order chi connectivity index (χ1) is 12.1. The standard InChI is InChI=1S/C18H16Cl3IN2OS/c1-10-7-8-11(2)13(9-10)16(26)24-17(18(19,20)21)23-15(25)12-5-3-4-6-14(12)22/h3-9,17H,1-2H3,(H,23,25)(H,24,26). The largest absolute Gasteiger partial charge is 0.352 e. The fourth-order valence-corrected chi connectivity index (χ4v) is 3.54. The number of thiocarbonyl (C=S) groups is 1. The van der Waals surface area contributed by atoms with Crippen molar-refractivity contribution in [3.8, 4) is 0 Å². The Morgan fingerprint density at radius 2 is 1.73 bits per heavy atom. The molecular formula is C18H16Cl3IN2OS. The van der Waals surface area contributed by atoms with Gasteiger partial charge in [0, 0.05) is 9.13 Å². The van der Waals surface area contributed by atoms with Gasteiger partial charge >= 0.3 is 0 Å². The van der Waals surface area contributed by atoms with E-state index in [2.05, 4.69) is 33.2 Å².